The predicted octanol–water partition coefficient (Wildman–Crippen LogP) is 6.50. The Morgan fingerprint density at radius 3 is 2.33 bits per heavy atom. The van der Waals surface area contributed by atoms with Crippen LogP contribution in [0.1, 0.15) is 82.6 Å². The maximum absolute atomic E-state index is 10.2. The Morgan fingerprint density at radius 2 is 1.67 bits per heavy atom. The van der Waals surface area contributed by atoms with Crippen LogP contribution in [0.25, 0.3) is 0 Å². The molecule has 0 spiro atoms. The van der Waals surface area contributed by atoms with Crippen LogP contribution in [0.3, 0.4) is 0 Å². The molecule has 0 aromatic heterocycles. The zero-order valence-corrected chi connectivity index (χ0v) is 16.6. The molecule has 0 saturated heterocycles. The number of phenolic OH excluding ortho intramolecular Hbond substituents is 1. The molecule has 2 aliphatic rings. The van der Waals surface area contributed by atoms with E-state index in [9.17, 15) is 9.90 Å². The van der Waals surface area contributed by atoms with E-state index in [0.717, 1.165) is 11.8 Å². The molecule has 0 atom stereocenters. The van der Waals surface area contributed by atoms with Crippen LogP contribution in [0.15, 0.2) is 36.4 Å². The molecule has 150 valence electrons. The highest BCUT2D eigenvalue weighted by atomic mass is 16.4. The molecule has 0 heterocycles. The van der Waals surface area contributed by atoms with Gasteiger partial charge in [-0.2, -0.15) is 0 Å². The molecule has 27 heavy (non-hydrogen) atoms. The fraction of sp³-hybridized carbons (Fsp3) is 0.625. The highest BCUT2D eigenvalue weighted by Gasteiger charge is 2.13. The predicted molar refractivity (Wildman–Crippen MR) is 111 cm³/mol. The van der Waals surface area contributed by atoms with E-state index in [1.54, 1.807) is 24.3 Å². The van der Waals surface area contributed by atoms with Crippen molar-refractivity contribution >= 4 is 5.97 Å². The van der Waals surface area contributed by atoms with Crippen molar-refractivity contribution in [2.75, 3.05) is 0 Å². The van der Waals surface area contributed by atoms with E-state index in [-0.39, 0.29) is 12.2 Å². The van der Waals surface area contributed by atoms with Gasteiger partial charge in [-0.3, -0.25) is 4.79 Å². The fourth-order valence-corrected chi connectivity index (χ4v) is 4.21. The Bertz CT molecular complexity index is 567. The Hall–Kier alpha value is -1.77. The number of phenols is 1. The minimum Gasteiger partial charge on any atom is -0.508 e. The fourth-order valence-electron chi connectivity index (χ4n) is 4.21. The first kappa shape index (κ1) is 21.5. The lowest BCUT2D eigenvalue weighted by Crippen LogP contribution is -2.05. The SMILES string of the molecule is C(=C\C1CCCC1)/CCC1CCCCC1.O=C(O)CCc1ccccc1O. The molecule has 2 saturated carbocycles. The topological polar surface area (TPSA) is 57.5 Å². The number of para-hydroxylation sites is 1. The van der Waals surface area contributed by atoms with Crippen LogP contribution in [0, 0.1) is 11.8 Å². The van der Waals surface area contributed by atoms with Gasteiger partial charge in [-0.1, -0.05) is 75.3 Å². The molecule has 1 aromatic rings. The first-order valence-corrected chi connectivity index (χ1v) is 10.8. The maximum atomic E-state index is 10.2. The van der Waals surface area contributed by atoms with Crippen LogP contribution in [0.5, 0.6) is 5.75 Å². The van der Waals surface area contributed by atoms with Gasteiger partial charge in [-0.05, 0) is 55.6 Å². The highest BCUT2D eigenvalue weighted by Crippen LogP contribution is 2.28. The number of benzene rings is 1. The van der Waals surface area contributed by atoms with Gasteiger partial charge < -0.3 is 10.2 Å². The summed E-state index contributed by atoms with van der Waals surface area (Å²) in [7, 11) is 0. The highest BCUT2D eigenvalue weighted by molar-refractivity contribution is 5.67. The van der Waals surface area contributed by atoms with Gasteiger partial charge in [0.25, 0.3) is 0 Å². The van der Waals surface area contributed by atoms with Gasteiger partial charge in [0.15, 0.2) is 0 Å². The standard InChI is InChI=1S/C15H26.C9H10O3/c1-2-8-14(9-3-1)10-4-5-11-15-12-6-7-13-15;10-8-4-2-1-3-7(8)5-6-9(11)12/h5,11,14-15H,1-4,6-10,12-13H2;1-4,10H,5-6H2,(H,11,12)/b11-5+;. The number of aliphatic carboxylic acids is 1. The molecular weight excluding hydrogens is 336 g/mol. The van der Waals surface area contributed by atoms with Crippen molar-refractivity contribution in [2.45, 2.75) is 83.5 Å². The molecule has 0 aliphatic heterocycles. The van der Waals surface area contributed by atoms with Crippen LogP contribution in [0.4, 0.5) is 0 Å². The van der Waals surface area contributed by atoms with Crippen molar-refractivity contribution in [2.24, 2.45) is 11.8 Å². The number of aromatic hydroxyl groups is 1. The quantitative estimate of drug-likeness (QED) is 0.537. The van der Waals surface area contributed by atoms with Gasteiger partial charge in [0.05, 0.1) is 0 Å². The van der Waals surface area contributed by atoms with Crippen molar-refractivity contribution in [3.05, 3.63) is 42.0 Å². The van der Waals surface area contributed by atoms with E-state index in [0.29, 0.717) is 12.0 Å². The number of allylic oxidation sites excluding steroid dienone is 2. The molecule has 3 heteroatoms. The number of aryl methyl sites for hydroxylation is 1. The molecule has 0 unspecified atom stereocenters. The average molecular weight is 373 g/mol. The average Bonchev–Trinajstić information content (AvgIpc) is 3.19. The third-order valence-electron chi connectivity index (χ3n) is 5.87. The lowest BCUT2D eigenvalue weighted by Gasteiger charge is -2.20. The molecule has 0 bridgehead atoms. The summed E-state index contributed by atoms with van der Waals surface area (Å²) in [6.45, 7) is 0. The van der Waals surface area contributed by atoms with Gasteiger partial charge in [0.2, 0.25) is 0 Å². The van der Waals surface area contributed by atoms with Crippen LogP contribution in [0.2, 0.25) is 0 Å². The van der Waals surface area contributed by atoms with E-state index >= 15 is 0 Å². The summed E-state index contributed by atoms with van der Waals surface area (Å²) in [6.07, 6.45) is 21.6. The molecule has 0 radical (unpaired) electrons. The van der Waals surface area contributed by atoms with E-state index in [1.807, 2.05) is 0 Å². The zero-order valence-electron chi connectivity index (χ0n) is 16.6. The second-order valence-corrected chi connectivity index (χ2v) is 8.08. The second kappa shape index (κ2) is 12.6. The van der Waals surface area contributed by atoms with E-state index in [2.05, 4.69) is 12.2 Å². The second-order valence-electron chi connectivity index (χ2n) is 8.08. The first-order valence-electron chi connectivity index (χ1n) is 10.8. The van der Waals surface area contributed by atoms with Crippen LogP contribution in [-0.4, -0.2) is 16.2 Å². The van der Waals surface area contributed by atoms with E-state index in [4.69, 9.17) is 5.11 Å². The van der Waals surface area contributed by atoms with E-state index < -0.39 is 5.97 Å². The number of hydrogen-bond acceptors (Lipinski definition) is 2. The molecule has 0 amide bonds. The van der Waals surface area contributed by atoms with Crippen LogP contribution < -0.4 is 0 Å². The van der Waals surface area contributed by atoms with Crippen LogP contribution in [-0.2, 0) is 11.2 Å². The molecule has 3 rings (SSSR count). The minimum absolute atomic E-state index is 0.0531. The number of carbonyl (C=O) groups is 1. The Balaban J connectivity index is 0.000000199. The van der Waals surface area contributed by atoms with Gasteiger partial charge in [-0.15, -0.1) is 0 Å². The van der Waals surface area contributed by atoms with Gasteiger partial charge in [0.1, 0.15) is 5.75 Å². The third-order valence-corrected chi connectivity index (χ3v) is 5.87. The summed E-state index contributed by atoms with van der Waals surface area (Å²) < 4.78 is 0. The minimum atomic E-state index is -0.849. The third kappa shape index (κ3) is 9.12. The molecular formula is C24H36O3. The normalized spacial score (nSPS) is 18.4. The van der Waals surface area contributed by atoms with Gasteiger partial charge >= 0.3 is 5.97 Å². The Kier molecular flexibility index (Phi) is 10.0. The lowest BCUT2D eigenvalue weighted by atomic mass is 9.86. The molecule has 3 nitrogen and oxygen atoms in total. The van der Waals surface area contributed by atoms with Gasteiger partial charge in [-0.25, -0.2) is 0 Å². The largest absolute Gasteiger partial charge is 0.508 e. The Labute approximate surface area is 164 Å². The van der Waals surface area contributed by atoms with Crippen LogP contribution >= 0.6 is 0 Å². The zero-order chi connectivity index (χ0) is 19.3. The summed E-state index contributed by atoms with van der Waals surface area (Å²) in [5, 5.41) is 17.6. The summed E-state index contributed by atoms with van der Waals surface area (Å²) in [6, 6.07) is 6.76. The van der Waals surface area contributed by atoms with Crippen molar-refractivity contribution in [1.29, 1.82) is 0 Å². The van der Waals surface area contributed by atoms with Crippen molar-refractivity contribution < 1.29 is 15.0 Å². The number of rotatable bonds is 7. The smallest absolute Gasteiger partial charge is 0.303 e. The molecule has 2 fully saturated rings. The summed E-state index contributed by atoms with van der Waals surface area (Å²) in [5.74, 6) is 1.32. The van der Waals surface area contributed by atoms with Crippen molar-refractivity contribution in [1.82, 2.24) is 0 Å². The molecule has 2 N–H and O–H groups in total. The van der Waals surface area contributed by atoms with Gasteiger partial charge in [0, 0.05) is 6.42 Å². The molecule has 1 aromatic carbocycles. The summed E-state index contributed by atoms with van der Waals surface area (Å²) in [5.41, 5.74) is 0.680. The summed E-state index contributed by atoms with van der Waals surface area (Å²) >= 11 is 0. The molecule has 2 aliphatic carbocycles. The number of carboxylic acids is 1. The monoisotopic (exact) mass is 372 g/mol. The van der Waals surface area contributed by atoms with Crippen molar-refractivity contribution in [3.63, 3.8) is 0 Å². The maximum Gasteiger partial charge on any atom is 0.303 e. The van der Waals surface area contributed by atoms with Crippen molar-refractivity contribution in [3.8, 4) is 5.75 Å². The number of hydrogen-bond donors (Lipinski definition) is 2. The Morgan fingerprint density at radius 1 is 1.00 bits per heavy atom. The first-order chi connectivity index (χ1) is 13.1. The number of carboxylic acid groups (broad SMARTS) is 1. The summed E-state index contributed by atoms with van der Waals surface area (Å²) in [4.78, 5) is 10.2. The van der Waals surface area contributed by atoms with E-state index in [1.165, 1.54) is 70.6 Å². The lowest BCUT2D eigenvalue weighted by molar-refractivity contribution is -0.136.